The Kier molecular flexibility index (Phi) is 3.99. The number of hydrogen-bond donors (Lipinski definition) is 1. The highest BCUT2D eigenvalue weighted by Gasteiger charge is 2.25. The van der Waals surface area contributed by atoms with Gasteiger partial charge in [-0.1, -0.05) is 13.8 Å². The Hall–Kier alpha value is -1.91. The maximum atomic E-state index is 11.3. The molecular weight excluding hydrogens is 210 g/mol. The lowest BCUT2D eigenvalue weighted by molar-refractivity contribution is -0.166. The molecule has 1 atom stereocenters. The van der Waals surface area contributed by atoms with Crippen molar-refractivity contribution < 1.29 is 19.4 Å². The molecule has 0 amide bonds. The van der Waals surface area contributed by atoms with Gasteiger partial charge < -0.3 is 9.84 Å². The molecule has 5 nitrogen and oxygen atoms in total. The molecule has 1 rings (SSSR count). The van der Waals surface area contributed by atoms with Crippen molar-refractivity contribution in [3.05, 3.63) is 30.1 Å². The summed E-state index contributed by atoms with van der Waals surface area (Å²) < 4.78 is 4.89. The Morgan fingerprint density at radius 1 is 1.31 bits per heavy atom. The number of hydrogen-bond acceptors (Lipinski definition) is 4. The maximum absolute atomic E-state index is 11.3. The number of aliphatic carboxylic acids is 1. The van der Waals surface area contributed by atoms with Crippen molar-refractivity contribution in [2.24, 2.45) is 5.92 Å². The Morgan fingerprint density at radius 3 is 2.31 bits per heavy atom. The molecule has 0 fully saturated rings. The molecule has 0 bridgehead atoms. The van der Waals surface area contributed by atoms with E-state index in [0.717, 1.165) is 0 Å². The van der Waals surface area contributed by atoms with Crippen molar-refractivity contribution in [1.82, 2.24) is 4.98 Å². The summed E-state index contributed by atoms with van der Waals surface area (Å²) in [7, 11) is 0. The van der Waals surface area contributed by atoms with Crippen LogP contribution in [0.5, 0.6) is 0 Å². The van der Waals surface area contributed by atoms with Crippen molar-refractivity contribution in [2.45, 2.75) is 20.0 Å². The first kappa shape index (κ1) is 12.2. The van der Waals surface area contributed by atoms with Gasteiger partial charge in [0.1, 0.15) is 0 Å². The van der Waals surface area contributed by atoms with Crippen LogP contribution in [0.3, 0.4) is 0 Å². The molecular formula is C11H13NO4. The molecule has 0 aromatic carbocycles. The fourth-order valence-electron chi connectivity index (χ4n) is 1.05. The molecule has 1 N–H and O–H groups in total. The van der Waals surface area contributed by atoms with Gasteiger partial charge in [-0.3, -0.25) is 9.78 Å². The van der Waals surface area contributed by atoms with Crippen molar-refractivity contribution >= 4 is 11.9 Å². The summed E-state index contributed by atoms with van der Waals surface area (Å²) in [6, 6.07) is 3.01. The summed E-state index contributed by atoms with van der Waals surface area (Å²) in [5, 5.41) is 8.96. The second kappa shape index (κ2) is 5.25. The fourth-order valence-corrected chi connectivity index (χ4v) is 1.05. The van der Waals surface area contributed by atoms with Gasteiger partial charge >= 0.3 is 11.9 Å². The highest BCUT2D eigenvalue weighted by atomic mass is 16.6. The monoisotopic (exact) mass is 223 g/mol. The molecule has 0 radical (unpaired) electrons. The van der Waals surface area contributed by atoms with Crippen LogP contribution < -0.4 is 0 Å². The van der Waals surface area contributed by atoms with Gasteiger partial charge in [0.25, 0.3) is 0 Å². The van der Waals surface area contributed by atoms with Crippen molar-refractivity contribution in [1.29, 1.82) is 0 Å². The Labute approximate surface area is 93.1 Å². The number of carboxylic acid groups (broad SMARTS) is 1. The number of rotatable bonds is 4. The highest BCUT2D eigenvalue weighted by molar-refractivity contribution is 5.80. The lowest BCUT2D eigenvalue weighted by atomic mass is 10.1. The van der Waals surface area contributed by atoms with E-state index in [9.17, 15) is 9.59 Å². The van der Waals surface area contributed by atoms with E-state index in [1.165, 1.54) is 24.5 Å². The third-order valence-corrected chi connectivity index (χ3v) is 1.94. The van der Waals surface area contributed by atoms with Gasteiger partial charge in [-0.2, -0.15) is 0 Å². The molecule has 16 heavy (non-hydrogen) atoms. The Balaban J connectivity index is 2.85. The summed E-state index contributed by atoms with van der Waals surface area (Å²) in [4.78, 5) is 26.1. The number of aromatic nitrogens is 1. The predicted octanol–water partition coefficient (Wildman–Crippen LogP) is 1.41. The van der Waals surface area contributed by atoms with Gasteiger partial charge in [0.05, 0.1) is 5.92 Å². The summed E-state index contributed by atoms with van der Waals surface area (Å²) in [6.45, 7) is 3.29. The average molecular weight is 223 g/mol. The normalized spacial score (nSPS) is 12.2. The number of esters is 1. The molecule has 86 valence electrons. The van der Waals surface area contributed by atoms with E-state index >= 15 is 0 Å². The van der Waals surface area contributed by atoms with Gasteiger partial charge in [0, 0.05) is 18.0 Å². The number of ether oxygens (including phenoxy) is 1. The van der Waals surface area contributed by atoms with E-state index in [1.807, 2.05) is 0 Å². The largest absolute Gasteiger partial charge is 0.478 e. The highest BCUT2D eigenvalue weighted by Crippen LogP contribution is 2.18. The van der Waals surface area contributed by atoms with Gasteiger partial charge in [-0.05, 0) is 12.1 Å². The lowest BCUT2D eigenvalue weighted by Crippen LogP contribution is -2.22. The van der Waals surface area contributed by atoms with Crippen molar-refractivity contribution in [2.75, 3.05) is 0 Å². The van der Waals surface area contributed by atoms with Crippen molar-refractivity contribution in [3.63, 3.8) is 0 Å². The third kappa shape index (κ3) is 3.05. The quantitative estimate of drug-likeness (QED) is 0.781. The molecule has 0 aliphatic rings. The summed E-state index contributed by atoms with van der Waals surface area (Å²) in [5.41, 5.74) is 0.400. The summed E-state index contributed by atoms with van der Waals surface area (Å²) >= 11 is 0. The first-order chi connectivity index (χ1) is 7.52. The molecule has 0 aliphatic heterocycles. The van der Waals surface area contributed by atoms with Crippen LogP contribution in [0.1, 0.15) is 25.5 Å². The standard InChI is InChI=1S/C11H13NO4/c1-7(2)11(15)16-9(10(13)14)8-3-5-12-6-4-8/h3-7,9H,1-2H3,(H,13,14). The van der Waals surface area contributed by atoms with E-state index in [1.54, 1.807) is 13.8 Å². The van der Waals surface area contributed by atoms with Crippen LogP contribution in [0.15, 0.2) is 24.5 Å². The third-order valence-electron chi connectivity index (χ3n) is 1.94. The number of pyridine rings is 1. The predicted molar refractivity (Wildman–Crippen MR) is 55.5 cm³/mol. The fraction of sp³-hybridized carbons (Fsp3) is 0.364. The zero-order valence-corrected chi connectivity index (χ0v) is 9.08. The van der Waals surface area contributed by atoms with Crippen molar-refractivity contribution in [3.8, 4) is 0 Å². The molecule has 1 aromatic heterocycles. The maximum Gasteiger partial charge on any atom is 0.349 e. The van der Waals surface area contributed by atoms with Gasteiger partial charge in [-0.15, -0.1) is 0 Å². The number of carbonyl (C=O) groups excluding carboxylic acids is 1. The molecule has 1 unspecified atom stereocenters. The van der Waals surface area contributed by atoms with Crippen LogP contribution >= 0.6 is 0 Å². The summed E-state index contributed by atoms with van der Waals surface area (Å²) in [6.07, 6.45) is 1.64. The second-order valence-electron chi connectivity index (χ2n) is 3.59. The number of nitrogens with zero attached hydrogens (tertiary/aromatic N) is 1. The van der Waals surface area contributed by atoms with Gasteiger partial charge in [0.2, 0.25) is 6.10 Å². The van der Waals surface area contributed by atoms with E-state index in [4.69, 9.17) is 9.84 Å². The molecule has 5 heteroatoms. The smallest absolute Gasteiger partial charge is 0.349 e. The minimum absolute atomic E-state index is 0.358. The van der Waals surface area contributed by atoms with Gasteiger partial charge in [-0.25, -0.2) is 4.79 Å². The van der Waals surface area contributed by atoms with E-state index < -0.39 is 18.0 Å². The van der Waals surface area contributed by atoms with Crippen LogP contribution in [-0.4, -0.2) is 22.0 Å². The molecule has 1 heterocycles. The van der Waals surface area contributed by atoms with Crippen LogP contribution in [0, 0.1) is 5.92 Å². The van der Waals surface area contributed by atoms with Crippen LogP contribution in [-0.2, 0) is 14.3 Å². The van der Waals surface area contributed by atoms with E-state index in [0.29, 0.717) is 5.56 Å². The minimum atomic E-state index is -1.27. The SMILES string of the molecule is CC(C)C(=O)OC(C(=O)O)c1ccncc1. The molecule has 0 aliphatic carbocycles. The zero-order chi connectivity index (χ0) is 12.1. The summed E-state index contributed by atoms with van der Waals surface area (Å²) in [5.74, 6) is -2.09. The number of carboxylic acids is 1. The van der Waals surface area contributed by atoms with Gasteiger partial charge in [0.15, 0.2) is 0 Å². The first-order valence-electron chi connectivity index (χ1n) is 4.85. The number of carbonyl (C=O) groups is 2. The molecule has 0 spiro atoms. The lowest BCUT2D eigenvalue weighted by Gasteiger charge is -2.15. The Bertz CT molecular complexity index is 375. The molecule has 1 aromatic rings. The van der Waals surface area contributed by atoms with Crippen LogP contribution in [0.4, 0.5) is 0 Å². The first-order valence-corrected chi connectivity index (χ1v) is 4.85. The molecule has 0 saturated heterocycles. The van der Waals surface area contributed by atoms with Crippen LogP contribution in [0.2, 0.25) is 0 Å². The topological polar surface area (TPSA) is 76.5 Å². The second-order valence-corrected chi connectivity index (χ2v) is 3.59. The van der Waals surface area contributed by atoms with Crippen LogP contribution in [0.25, 0.3) is 0 Å². The van der Waals surface area contributed by atoms with E-state index in [2.05, 4.69) is 4.98 Å². The van der Waals surface area contributed by atoms with E-state index in [-0.39, 0.29) is 5.92 Å². The zero-order valence-electron chi connectivity index (χ0n) is 9.08. The average Bonchev–Trinajstić information content (AvgIpc) is 2.26. The minimum Gasteiger partial charge on any atom is -0.478 e. The Morgan fingerprint density at radius 2 is 1.88 bits per heavy atom. The molecule has 0 saturated carbocycles.